The van der Waals surface area contributed by atoms with E-state index in [0.29, 0.717) is 18.8 Å². The SMILES string of the molecule is O=C1CC2(CN1)CN(C(=O)Nc1ccccc1)CCN(S(=O)(=O)c1ccccc1)C2. The van der Waals surface area contributed by atoms with Gasteiger partial charge in [0, 0.05) is 50.2 Å². The monoisotopic (exact) mass is 428 g/mol. The van der Waals surface area contributed by atoms with Gasteiger partial charge in [-0.2, -0.15) is 4.31 Å². The zero-order valence-electron chi connectivity index (χ0n) is 16.5. The first-order valence-electron chi connectivity index (χ1n) is 9.81. The van der Waals surface area contributed by atoms with Gasteiger partial charge in [0.2, 0.25) is 15.9 Å². The van der Waals surface area contributed by atoms with E-state index >= 15 is 0 Å². The number of rotatable bonds is 3. The molecule has 4 rings (SSSR count). The zero-order valence-corrected chi connectivity index (χ0v) is 17.3. The molecule has 2 aromatic carbocycles. The molecule has 8 nitrogen and oxygen atoms in total. The molecule has 9 heteroatoms. The number of hydrogen-bond donors (Lipinski definition) is 2. The van der Waals surface area contributed by atoms with Crippen LogP contribution in [0.15, 0.2) is 65.6 Å². The van der Waals surface area contributed by atoms with Crippen LogP contribution in [0.4, 0.5) is 10.5 Å². The minimum Gasteiger partial charge on any atom is -0.355 e. The van der Waals surface area contributed by atoms with Crippen LogP contribution in [-0.2, 0) is 14.8 Å². The highest BCUT2D eigenvalue weighted by Gasteiger charge is 2.46. The van der Waals surface area contributed by atoms with Crippen molar-refractivity contribution in [1.29, 1.82) is 0 Å². The van der Waals surface area contributed by atoms with Crippen LogP contribution in [0.25, 0.3) is 0 Å². The largest absolute Gasteiger partial charge is 0.355 e. The standard InChI is InChI=1S/C21H24N4O4S/c26-19-13-21(14-22-19)15-24(20(27)23-17-7-3-1-4-8-17)11-12-25(16-21)30(28,29)18-9-5-2-6-10-18/h1-10H,11-16H2,(H,22,26)(H,23,27). The molecule has 1 unspecified atom stereocenters. The van der Waals surface area contributed by atoms with Gasteiger partial charge in [0.05, 0.1) is 4.90 Å². The highest BCUT2D eigenvalue weighted by Crippen LogP contribution is 2.33. The fourth-order valence-corrected chi connectivity index (χ4v) is 5.60. The molecule has 0 bridgehead atoms. The number of benzene rings is 2. The van der Waals surface area contributed by atoms with Gasteiger partial charge in [0.1, 0.15) is 0 Å². The van der Waals surface area contributed by atoms with Crippen LogP contribution in [0.2, 0.25) is 0 Å². The number of carbonyl (C=O) groups excluding carboxylic acids is 2. The van der Waals surface area contributed by atoms with Crippen LogP contribution in [-0.4, -0.2) is 62.3 Å². The molecular weight excluding hydrogens is 404 g/mol. The topological polar surface area (TPSA) is 98.8 Å². The van der Waals surface area contributed by atoms with Gasteiger partial charge in [-0.1, -0.05) is 36.4 Å². The fourth-order valence-electron chi connectivity index (χ4n) is 4.04. The number of carbonyl (C=O) groups is 2. The van der Waals surface area contributed by atoms with Gasteiger partial charge < -0.3 is 15.5 Å². The van der Waals surface area contributed by atoms with E-state index in [9.17, 15) is 18.0 Å². The van der Waals surface area contributed by atoms with E-state index in [2.05, 4.69) is 10.6 Å². The quantitative estimate of drug-likeness (QED) is 0.778. The third-order valence-corrected chi connectivity index (χ3v) is 7.41. The lowest BCUT2D eigenvalue weighted by atomic mass is 9.86. The van der Waals surface area contributed by atoms with Crippen molar-refractivity contribution in [3.05, 3.63) is 60.7 Å². The maximum Gasteiger partial charge on any atom is 0.321 e. The average Bonchev–Trinajstić information content (AvgIpc) is 2.99. The van der Waals surface area contributed by atoms with Crippen LogP contribution < -0.4 is 10.6 Å². The van der Waals surface area contributed by atoms with E-state index in [1.165, 1.54) is 4.31 Å². The van der Waals surface area contributed by atoms with Crippen molar-refractivity contribution in [2.45, 2.75) is 11.3 Å². The van der Waals surface area contributed by atoms with Crippen LogP contribution in [0.3, 0.4) is 0 Å². The van der Waals surface area contributed by atoms with E-state index < -0.39 is 15.4 Å². The van der Waals surface area contributed by atoms with E-state index in [1.807, 2.05) is 18.2 Å². The molecular formula is C21H24N4O4S. The first kappa shape index (κ1) is 20.4. The summed E-state index contributed by atoms with van der Waals surface area (Å²) in [6.45, 7) is 1.21. The molecule has 0 aliphatic carbocycles. The van der Waals surface area contributed by atoms with E-state index in [-0.39, 0.29) is 42.9 Å². The fraction of sp³-hybridized carbons (Fsp3) is 0.333. The Morgan fingerprint density at radius 2 is 1.63 bits per heavy atom. The Bertz CT molecular complexity index is 1030. The Morgan fingerprint density at radius 1 is 0.967 bits per heavy atom. The molecule has 0 aromatic heterocycles. The summed E-state index contributed by atoms with van der Waals surface area (Å²) >= 11 is 0. The molecule has 30 heavy (non-hydrogen) atoms. The van der Waals surface area contributed by atoms with Gasteiger partial charge >= 0.3 is 6.03 Å². The molecule has 2 saturated heterocycles. The smallest absolute Gasteiger partial charge is 0.321 e. The van der Waals surface area contributed by atoms with Crippen molar-refractivity contribution >= 4 is 27.6 Å². The molecule has 158 valence electrons. The summed E-state index contributed by atoms with van der Waals surface area (Å²) < 4.78 is 27.9. The van der Waals surface area contributed by atoms with Gasteiger partial charge in [-0.3, -0.25) is 4.79 Å². The number of hydrogen-bond acceptors (Lipinski definition) is 4. The van der Waals surface area contributed by atoms with Crippen LogP contribution in [0.1, 0.15) is 6.42 Å². The number of para-hydroxylation sites is 1. The summed E-state index contributed by atoms with van der Waals surface area (Å²) in [6, 6.07) is 17.0. The predicted octanol–water partition coefficient (Wildman–Crippen LogP) is 1.73. The van der Waals surface area contributed by atoms with Crippen molar-refractivity contribution in [3.8, 4) is 0 Å². The summed E-state index contributed by atoms with van der Waals surface area (Å²) in [6.07, 6.45) is 0.183. The van der Waals surface area contributed by atoms with Gasteiger partial charge in [-0.15, -0.1) is 0 Å². The number of nitrogens with one attached hydrogen (secondary N) is 2. The number of amides is 3. The molecule has 1 atom stereocenters. The number of anilines is 1. The predicted molar refractivity (Wildman–Crippen MR) is 112 cm³/mol. The molecule has 0 saturated carbocycles. The van der Waals surface area contributed by atoms with Gasteiger partial charge in [-0.05, 0) is 24.3 Å². The van der Waals surface area contributed by atoms with Crippen molar-refractivity contribution < 1.29 is 18.0 Å². The van der Waals surface area contributed by atoms with Gasteiger partial charge in [-0.25, -0.2) is 13.2 Å². The van der Waals surface area contributed by atoms with Gasteiger partial charge in [0.15, 0.2) is 0 Å². The second kappa shape index (κ2) is 8.08. The van der Waals surface area contributed by atoms with Crippen molar-refractivity contribution in [1.82, 2.24) is 14.5 Å². The lowest BCUT2D eigenvalue weighted by Crippen LogP contribution is -2.45. The van der Waals surface area contributed by atoms with Crippen LogP contribution >= 0.6 is 0 Å². The second-order valence-corrected chi connectivity index (χ2v) is 9.76. The maximum atomic E-state index is 13.2. The molecule has 3 amide bonds. The Labute approximate surface area is 175 Å². The summed E-state index contributed by atoms with van der Waals surface area (Å²) in [4.78, 5) is 26.7. The first-order chi connectivity index (χ1) is 14.4. The first-order valence-corrected chi connectivity index (χ1v) is 11.2. The molecule has 2 heterocycles. The molecule has 2 aromatic rings. The average molecular weight is 429 g/mol. The Kier molecular flexibility index (Phi) is 5.48. The van der Waals surface area contributed by atoms with Crippen LogP contribution in [0, 0.1) is 5.41 Å². The van der Waals surface area contributed by atoms with E-state index in [1.54, 1.807) is 47.4 Å². The van der Waals surface area contributed by atoms with Crippen molar-refractivity contribution in [2.24, 2.45) is 5.41 Å². The summed E-state index contributed by atoms with van der Waals surface area (Å²) in [5.41, 5.74) is -0.00103. The number of urea groups is 1. The Hall–Kier alpha value is -2.91. The molecule has 2 aliphatic rings. The second-order valence-electron chi connectivity index (χ2n) is 7.82. The normalized spacial score (nSPS) is 22.5. The maximum absolute atomic E-state index is 13.2. The van der Waals surface area contributed by atoms with E-state index in [4.69, 9.17) is 0 Å². The Morgan fingerprint density at radius 3 is 2.27 bits per heavy atom. The zero-order chi connectivity index (χ0) is 21.2. The lowest BCUT2D eigenvalue weighted by Gasteiger charge is -2.32. The third kappa shape index (κ3) is 4.17. The minimum absolute atomic E-state index is 0.127. The number of sulfonamides is 1. The summed E-state index contributed by atoms with van der Waals surface area (Å²) in [5, 5.41) is 5.67. The molecule has 1 spiro atoms. The summed E-state index contributed by atoms with van der Waals surface area (Å²) in [5.74, 6) is -0.127. The number of nitrogens with zero attached hydrogens (tertiary/aromatic N) is 2. The molecule has 0 radical (unpaired) electrons. The van der Waals surface area contributed by atoms with Crippen molar-refractivity contribution in [3.63, 3.8) is 0 Å². The third-order valence-electron chi connectivity index (χ3n) is 5.55. The lowest BCUT2D eigenvalue weighted by molar-refractivity contribution is -0.119. The highest BCUT2D eigenvalue weighted by molar-refractivity contribution is 7.89. The van der Waals surface area contributed by atoms with Crippen LogP contribution in [0.5, 0.6) is 0 Å². The van der Waals surface area contributed by atoms with E-state index in [0.717, 1.165) is 0 Å². The molecule has 2 fully saturated rings. The van der Waals surface area contributed by atoms with Crippen molar-refractivity contribution in [2.75, 3.05) is 38.0 Å². The highest BCUT2D eigenvalue weighted by atomic mass is 32.2. The van der Waals surface area contributed by atoms with Gasteiger partial charge in [0.25, 0.3) is 0 Å². The molecule has 2 N–H and O–H groups in total. The minimum atomic E-state index is -3.74. The molecule has 2 aliphatic heterocycles. The summed E-state index contributed by atoms with van der Waals surface area (Å²) in [7, 11) is -3.74. The Balaban J connectivity index is 1.60.